The molecule has 6 heteroatoms. The van der Waals surface area contributed by atoms with E-state index in [1.807, 2.05) is 0 Å². The van der Waals surface area contributed by atoms with Crippen molar-refractivity contribution in [2.75, 3.05) is 0 Å². The fourth-order valence-electron chi connectivity index (χ4n) is 1.98. The molecule has 1 aliphatic carbocycles. The molecule has 0 aromatic heterocycles. The molecule has 0 fully saturated rings. The van der Waals surface area contributed by atoms with E-state index >= 15 is 0 Å². The van der Waals surface area contributed by atoms with Crippen molar-refractivity contribution >= 4 is 5.78 Å². The van der Waals surface area contributed by atoms with Gasteiger partial charge in [-0.05, 0) is 37.5 Å². The number of rotatable bonds is 2. The molecular weight excluding hydrogens is 264 g/mol. The van der Waals surface area contributed by atoms with E-state index in [2.05, 4.69) is 4.74 Å². The number of benzene rings is 1. The molecule has 0 saturated heterocycles. The van der Waals surface area contributed by atoms with Crippen LogP contribution >= 0.6 is 0 Å². The molecule has 0 radical (unpaired) electrons. The van der Waals surface area contributed by atoms with E-state index in [0.717, 1.165) is 13.0 Å². The fraction of sp³-hybridized carbons (Fsp3) is 0.462. The number of fused-ring (bicyclic) bond motifs is 1. The Morgan fingerprint density at radius 2 is 1.95 bits per heavy atom. The van der Waals surface area contributed by atoms with Crippen LogP contribution in [0.25, 0.3) is 0 Å². The van der Waals surface area contributed by atoms with Gasteiger partial charge < -0.3 is 4.74 Å². The first-order chi connectivity index (χ1) is 8.79. The van der Waals surface area contributed by atoms with Gasteiger partial charge in [0.1, 0.15) is 0 Å². The largest absolute Gasteiger partial charge is 0.478 e. The van der Waals surface area contributed by atoms with E-state index in [4.69, 9.17) is 0 Å². The molecule has 0 amide bonds. The summed E-state index contributed by atoms with van der Waals surface area (Å²) in [5, 5.41) is 0. The van der Waals surface area contributed by atoms with Gasteiger partial charge in [0.15, 0.2) is 23.5 Å². The van der Waals surface area contributed by atoms with E-state index in [9.17, 15) is 22.4 Å². The number of carbonyl (C=O) groups excluding carboxylic acids is 1. The number of alkyl halides is 3. The van der Waals surface area contributed by atoms with Crippen LogP contribution < -0.4 is 4.74 Å². The van der Waals surface area contributed by atoms with Crippen LogP contribution in [0.2, 0.25) is 0 Å². The second-order valence-electron chi connectivity index (χ2n) is 4.52. The standard InChI is InChI=1S/C13H12F4O2/c1-7(13(15,16)17)19-12-5-8-3-2-4-11(18)9(8)6-10(12)14/h5-7H,2-4H2,1H3. The SMILES string of the molecule is CC(Oc1cc2c(cc1F)C(=O)CCC2)C(F)(F)F. The minimum absolute atomic E-state index is 0.185. The molecule has 2 nitrogen and oxygen atoms in total. The minimum atomic E-state index is -4.56. The quantitative estimate of drug-likeness (QED) is 0.770. The van der Waals surface area contributed by atoms with Gasteiger partial charge in [0.05, 0.1) is 0 Å². The molecule has 0 spiro atoms. The van der Waals surface area contributed by atoms with E-state index < -0.39 is 23.8 Å². The summed E-state index contributed by atoms with van der Waals surface area (Å²) >= 11 is 0. The van der Waals surface area contributed by atoms with Crippen LogP contribution in [0.15, 0.2) is 12.1 Å². The van der Waals surface area contributed by atoms with Crippen LogP contribution in [0.1, 0.15) is 35.7 Å². The van der Waals surface area contributed by atoms with E-state index in [1.54, 1.807) is 0 Å². The smallest absolute Gasteiger partial charge is 0.425 e. The van der Waals surface area contributed by atoms with Crippen LogP contribution in [-0.4, -0.2) is 18.1 Å². The van der Waals surface area contributed by atoms with Gasteiger partial charge in [0, 0.05) is 12.0 Å². The van der Waals surface area contributed by atoms with E-state index in [1.165, 1.54) is 6.07 Å². The first-order valence-corrected chi connectivity index (χ1v) is 5.88. The average molecular weight is 276 g/mol. The normalized spacial score (nSPS) is 17.0. The summed E-state index contributed by atoms with van der Waals surface area (Å²) in [6.07, 6.45) is -5.16. The fourth-order valence-corrected chi connectivity index (χ4v) is 1.98. The van der Waals surface area contributed by atoms with Gasteiger partial charge >= 0.3 is 6.18 Å². The zero-order valence-electron chi connectivity index (χ0n) is 10.2. The Bertz CT molecular complexity index is 508. The predicted octanol–water partition coefficient (Wildman–Crippen LogP) is 3.67. The van der Waals surface area contributed by atoms with Gasteiger partial charge in [-0.15, -0.1) is 0 Å². The summed E-state index contributed by atoms with van der Waals surface area (Å²) < 4.78 is 55.4. The monoisotopic (exact) mass is 276 g/mol. The summed E-state index contributed by atoms with van der Waals surface area (Å²) in [7, 11) is 0. The summed E-state index contributed by atoms with van der Waals surface area (Å²) in [5.74, 6) is -1.58. The second-order valence-corrected chi connectivity index (χ2v) is 4.52. The average Bonchev–Trinajstić information content (AvgIpc) is 2.30. The molecule has 1 unspecified atom stereocenters. The molecule has 1 atom stereocenters. The number of aryl methyl sites for hydroxylation is 1. The Hall–Kier alpha value is -1.59. The first-order valence-electron chi connectivity index (χ1n) is 5.88. The number of Topliss-reactive ketones (excluding diaryl/α,β-unsaturated/α-hetero) is 1. The number of hydrogen-bond donors (Lipinski definition) is 0. The first kappa shape index (κ1) is 13.8. The molecule has 0 N–H and O–H groups in total. The third-order valence-electron chi connectivity index (χ3n) is 3.07. The third-order valence-corrected chi connectivity index (χ3v) is 3.07. The highest BCUT2D eigenvalue weighted by molar-refractivity contribution is 5.98. The topological polar surface area (TPSA) is 26.3 Å². The molecule has 104 valence electrons. The maximum absolute atomic E-state index is 13.7. The zero-order valence-corrected chi connectivity index (χ0v) is 10.2. The van der Waals surface area contributed by atoms with Crippen molar-refractivity contribution in [1.82, 2.24) is 0 Å². The highest BCUT2D eigenvalue weighted by Gasteiger charge is 2.38. The molecule has 0 heterocycles. The van der Waals surface area contributed by atoms with Crippen LogP contribution in [-0.2, 0) is 6.42 Å². The van der Waals surface area contributed by atoms with Crippen LogP contribution in [0.3, 0.4) is 0 Å². The van der Waals surface area contributed by atoms with Crippen molar-refractivity contribution in [3.05, 3.63) is 29.1 Å². The van der Waals surface area contributed by atoms with Crippen LogP contribution in [0.5, 0.6) is 5.75 Å². The molecule has 0 aliphatic heterocycles. The molecular formula is C13H12F4O2. The molecule has 1 aliphatic rings. The lowest BCUT2D eigenvalue weighted by molar-refractivity contribution is -0.189. The Balaban J connectivity index is 2.30. The summed E-state index contributed by atoms with van der Waals surface area (Å²) in [6.45, 7) is 0.810. The van der Waals surface area contributed by atoms with Gasteiger partial charge in [-0.1, -0.05) is 0 Å². The lowest BCUT2D eigenvalue weighted by Crippen LogP contribution is -2.31. The van der Waals surface area contributed by atoms with Crippen molar-refractivity contribution in [1.29, 1.82) is 0 Å². The van der Waals surface area contributed by atoms with Gasteiger partial charge in [-0.2, -0.15) is 13.2 Å². The van der Waals surface area contributed by atoms with Crippen LogP contribution in [0, 0.1) is 5.82 Å². The second kappa shape index (κ2) is 4.83. The molecule has 0 bridgehead atoms. The molecule has 19 heavy (non-hydrogen) atoms. The Morgan fingerprint density at radius 3 is 2.58 bits per heavy atom. The lowest BCUT2D eigenvalue weighted by Gasteiger charge is -2.20. The highest BCUT2D eigenvalue weighted by Crippen LogP contribution is 2.31. The highest BCUT2D eigenvalue weighted by atomic mass is 19.4. The van der Waals surface area contributed by atoms with Crippen molar-refractivity contribution in [3.63, 3.8) is 0 Å². The maximum Gasteiger partial charge on any atom is 0.425 e. The van der Waals surface area contributed by atoms with Crippen LogP contribution in [0.4, 0.5) is 17.6 Å². The molecule has 1 aromatic carbocycles. The van der Waals surface area contributed by atoms with E-state index in [-0.39, 0.29) is 11.3 Å². The Kier molecular flexibility index (Phi) is 3.52. The number of ether oxygens (including phenoxy) is 1. The summed E-state index contributed by atoms with van der Waals surface area (Å²) in [6, 6.07) is 2.17. The van der Waals surface area contributed by atoms with Crippen molar-refractivity contribution in [2.45, 2.75) is 38.5 Å². The minimum Gasteiger partial charge on any atom is -0.478 e. The molecule has 0 saturated carbocycles. The predicted molar refractivity (Wildman–Crippen MR) is 59.8 cm³/mol. The van der Waals surface area contributed by atoms with E-state index in [0.29, 0.717) is 24.8 Å². The number of carbonyl (C=O) groups is 1. The maximum atomic E-state index is 13.7. The summed E-state index contributed by atoms with van der Waals surface area (Å²) in [4.78, 5) is 11.5. The van der Waals surface area contributed by atoms with Crippen molar-refractivity contribution in [2.24, 2.45) is 0 Å². The van der Waals surface area contributed by atoms with Crippen molar-refractivity contribution in [3.8, 4) is 5.75 Å². The number of hydrogen-bond acceptors (Lipinski definition) is 2. The lowest BCUT2D eigenvalue weighted by atomic mass is 9.90. The van der Waals surface area contributed by atoms with Gasteiger partial charge in [-0.25, -0.2) is 4.39 Å². The Morgan fingerprint density at radius 1 is 1.26 bits per heavy atom. The molecule has 1 aromatic rings. The number of halogens is 4. The summed E-state index contributed by atoms with van der Waals surface area (Å²) in [5.41, 5.74) is 0.790. The zero-order chi connectivity index (χ0) is 14.2. The van der Waals surface area contributed by atoms with Gasteiger partial charge in [0.25, 0.3) is 0 Å². The van der Waals surface area contributed by atoms with Gasteiger partial charge in [-0.3, -0.25) is 4.79 Å². The Labute approximate surface area is 107 Å². The van der Waals surface area contributed by atoms with Gasteiger partial charge in [0.2, 0.25) is 0 Å². The number of ketones is 1. The molecule has 2 rings (SSSR count). The third kappa shape index (κ3) is 2.88. The van der Waals surface area contributed by atoms with Crippen molar-refractivity contribution < 1.29 is 27.1 Å².